The fourth-order valence-corrected chi connectivity index (χ4v) is 1.84. The molecule has 0 unspecified atom stereocenters. The molecule has 1 heteroatoms. The first-order valence-electron chi connectivity index (χ1n) is 5.74. The lowest BCUT2D eigenvalue weighted by Gasteiger charge is -2.27. The number of hydrogen-bond acceptors (Lipinski definition) is 1. The lowest BCUT2D eigenvalue weighted by Crippen LogP contribution is -2.26. The zero-order valence-electron chi connectivity index (χ0n) is 8.92. The second kappa shape index (κ2) is 4.50. The molecule has 0 radical (unpaired) electrons. The van der Waals surface area contributed by atoms with E-state index in [1.807, 2.05) is 0 Å². The fraction of sp³-hybridized carbons (Fsp3) is 0.538. The number of anilines is 1. The van der Waals surface area contributed by atoms with Gasteiger partial charge in [-0.3, -0.25) is 0 Å². The molecular formula is C13H19N. The van der Waals surface area contributed by atoms with Gasteiger partial charge in [-0.2, -0.15) is 0 Å². The van der Waals surface area contributed by atoms with E-state index in [0.717, 1.165) is 6.04 Å². The van der Waals surface area contributed by atoms with Gasteiger partial charge in [0.25, 0.3) is 0 Å². The highest BCUT2D eigenvalue weighted by atomic mass is 14.9. The Morgan fingerprint density at radius 2 is 1.93 bits per heavy atom. The Morgan fingerprint density at radius 1 is 1.21 bits per heavy atom. The number of nitrogens with one attached hydrogen (secondary N) is 1. The summed E-state index contributed by atoms with van der Waals surface area (Å²) in [4.78, 5) is 0. The molecule has 0 saturated heterocycles. The highest BCUT2D eigenvalue weighted by molar-refractivity contribution is 5.45. The van der Waals surface area contributed by atoms with Gasteiger partial charge in [-0.1, -0.05) is 25.5 Å². The third-order valence-corrected chi connectivity index (χ3v) is 2.97. The van der Waals surface area contributed by atoms with Crippen LogP contribution < -0.4 is 5.32 Å². The third kappa shape index (κ3) is 2.28. The third-order valence-electron chi connectivity index (χ3n) is 2.97. The van der Waals surface area contributed by atoms with Gasteiger partial charge in [0.15, 0.2) is 0 Å². The van der Waals surface area contributed by atoms with Crippen molar-refractivity contribution in [2.24, 2.45) is 0 Å². The molecule has 1 aliphatic carbocycles. The summed E-state index contributed by atoms with van der Waals surface area (Å²) < 4.78 is 0. The van der Waals surface area contributed by atoms with Crippen LogP contribution in [0.25, 0.3) is 0 Å². The van der Waals surface area contributed by atoms with Crippen molar-refractivity contribution in [3.05, 3.63) is 29.8 Å². The molecule has 0 amide bonds. The second-order valence-electron chi connectivity index (χ2n) is 4.22. The maximum absolute atomic E-state index is 3.55. The summed E-state index contributed by atoms with van der Waals surface area (Å²) in [5.41, 5.74) is 2.74. The van der Waals surface area contributed by atoms with E-state index in [9.17, 15) is 0 Å². The number of benzene rings is 1. The number of hydrogen-bond donors (Lipinski definition) is 1. The lowest BCUT2D eigenvalue weighted by atomic mass is 9.93. The van der Waals surface area contributed by atoms with Gasteiger partial charge in [-0.25, -0.2) is 0 Å². The predicted molar refractivity (Wildman–Crippen MR) is 61.7 cm³/mol. The van der Waals surface area contributed by atoms with E-state index in [0.29, 0.717) is 0 Å². The molecule has 1 nitrogen and oxygen atoms in total. The molecule has 1 aromatic rings. The topological polar surface area (TPSA) is 12.0 Å². The minimum Gasteiger partial charge on any atom is -0.382 e. The summed E-state index contributed by atoms with van der Waals surface area (Å²) in [5.74, 6) is 0. The van der Waals surface area contributed by atoms with E-state index in [2.05, 4.69) is 36.5 Å². The van der Waals surface area contributed by atoms with Crippen LogP contribution in [0.2, 0.25) is 0 Å². The van der Waals surface area contributed by atoms with E-state index in [-0.39, 0.29) is 0 Å². The van der Waals surface area contributed by atoms with Crippen LogP contribution in [0.5, 0.6) is 0 Å². The molecule has 1 fully saturated rings. The number of rotatable bonds is 4. The SMILES string of the molecule is CCCc1ccc(NC2CCC2)cc1. The minimum atomic E-state index is 0.743. The average molecular weight is 189 g/mol. The highest BCUT2D eigenvalue weighted by Crippen LogP contribution is 2.23. The Morgan fingerprint density at radius 3 is 2.43 bits per heavy atom. The molecule has 1 aromatic carbocycles. The second-order valence-corrected chi connectivity index (χ2v) is 4.22. The van der Waals surface area contributed by atoms with E-state index < -0.39 is 0 Å². The van der Waals surface area contributed by atoms with Crippen LogP contribution in [-0.4, -0.2) is 6.04 Å². The van der Waals surface area contributed by atoms with Crippen molar-refractivity contribution in [1.82, 2.24) is 0 Å². The van der Waals surface area contributed by atoms with Crippen molar-refractivity contribution >= 4 is 5.69 Å². The molecular weight excluding hydrogens is 170 g/mol. The quantitative estimate of drug-likeness (QED) is 0.763. The van der Waals surface area contributed by atoms with Crippen molar-refractivity contribution in [1.29, 1.82) is 0 Å². The molecule has 76 valence electrons. The summed E-state index contributed by atoms with van der Waals surface area (Å²) in [6, 6.07) is 9.65. The first-order valence-corrected chi connectivity index (χ1v) is 5.74. The molecule has 1 aliphatic rings. The van der Waals surface area contributed by atoms with Crippen LogP contribution in [0.4, 0.5) is 5.69 Å². The smallest absolute Gasteiger partial charge is 0.0342 e. The molecule has 0 aromatic heterocycles. The maximum Gasteiger partial charge on any atom is 0.0342 e. The van der Waals surface area contributed by atoms with Crippen LogP contribution in [0.1, 0.15) is 38.2 Å². The molecule has 0 bridgehead atoms. The predicted octanol–water partition coefficient (Wildman–Crippen LogP) is 3.60. The van der Waals surface area contributed by atoms with Gasteiger partial charge in [0, 0.05) is 11.7 Å². The van der Waals surface area contributed by atoms with Crippen LogP contribution >= 0.6 is 0 Å². The molecule has 0 heterocycles. The summed E-state index contributed by atoms with van der Waals surface area (Å²) in [7, 11) is 0. The Labute approximate surface area is 86.5 Å². The van der Waals surface area contributed by atoms with Gasteiger partial charge in [0.05, 0.1) is 0 Å². The Kier molecular flexibility index (Phi) is 3.07. The number of aryl methyl sites for hydroxylation is 1. The van der Waals surface area contributed by atoms with Gasteiger partial charge in [-0.15, -0.1) is 0 Å². The van der Waals surface area contributed by atoms with Crippen molar-refractivity contribution in [3.63, 3.8) is 0 Å². The van der Waals surface area contributed by atoms with E-state index in [1.165, 1.54) is 43.4 Å². The van der Waals surface area contributed by atoms with Crippen molar-refractivity contribution in [2.75, 3.05) is 5.32 Å². The van der Waals surface area contributed by atoms with Gasteiger partial charge in [-0.05, 0) is 43.4 Å². The largest absolute Gasteiger partial charge is 0.382 e. The summed E-state index contributed by atoms with van der Waals surface area (Å²) in [5, 5.41) is 3.55. The van der Waals surface area contributed by atoms with E-state index in [1.54, 1.807) is 0 Å². The maximum atomic E-state index is 3.55. The Bertz CT molecular complexity index is 272. The normalized spacial score (nSPS) is 16.4. The summed E-state index contributed by atoms with van der Waals surface area (Å²) >= 11 is 0. The Hall–Kier alpha value is -0.980. The molecule has 0 atom stereocenters. The van der Waals surface area contributed by atoms with Gasteiger partial charge >= 0.3 is 0 Å². The molecule has 1 N–H and O–H groups in total. The molecule has 0 spiro atoms. The zero-order chi connectivity index (χ0) is 9.80. The summed E-state index contributed by atoms with van der Waals surface area (Å²) in [6.45, 7) is 2.22. The van der Waals surface area contributed by atoms with Crippen molar-refractivity contribution < 1.29 is 0 Å². The Balaban J connectivity index is 1.91. The zero-order valence-corrected chi connectivity index (χ0v) is 8.92. The fourth-order valence-electron chi connectivity index (χ4n) is 1.84. The van der Waals surface area contributed by atoms with E-state index in [4.69, 9.17) is 0 Å². The average Bonchev–Trinajstić information content (AvgIpc) is 2.14. The monoisotopic (exact) mass is 189 g/mol. The summed E-state index contributed by atoms with van der Waals surface area (Å²) in [6.07, 6.45) is 6.51. The van der Waals surface area contributed by atoms with Gasteiger partial charge in [0.2, 0.25) is 0 Å². The standard InChI is InChI=1S/C13H19N/c1-2-4-11-7-9-13(10-8-11)14-12-5-3-6-12/h7-10,12,14H,2-6H2,1H3. The van der Waals surface area contributed by atoms with Crippen LogP contribution in [0, 0.1) is 0 Å². The molecule has 1 saturated carbocycles. The van der Waals surface area contributed by atoms with Gasteiger partial charge in [0.1, 0.15) is 0 Å². The van der Waals surface area contributed by atoms with Crippen LogP contribution in [0.3, 0.4) is 0 Å². The minimum absolute atomic E-state index is 0.743. The van der Waals surface area contributed by atoms with Crippen molar-refractivity contribution in [2.45, 2.75) is 45.1 Å². The van der Waals surface area contributed by atoms with Gasteiger partial charge < -0.3 is 5.32 Å². The van der Waals surface area contributed by atoms with Crippen molar-refractivity contribution in [3.8, 4) is 0 Å². The first-order chi connectivity index (χ1) is 6.88. The van der Waals surface area contributed by atoms with Crippen LogP contribution in [-0.2, 0) is 6.42 Å². The van der Waals surface area contributed by atoms with E-state index >= 15 is 0 Å². The molecule has 14 heavy (non-hydrogen) atoms. The molecule has 2 rings (SSSR count). The lowest BCUT2D eigenvalue weighted by molar-refractivity contribution is 0.445. The molecule has 0 aliphatic heterocycles. The highest BCUT2D eigenvalue weighted by Gasteiger charge is 2.16. The first kappa shape index (κ1) is 9.57. The van der Waals surface area contributed by atoms with Crippen LogP contribution in [0.15, 0.2) is 24.3 Å².